The Balaban J connectivity index is 1.86. The molecular formula is C22H29FO4. The van der Waals surface area contributed by atoms with Gasteiger partial charge in [0.25, 0.3) is 0 Å². The van der Waals surface area contributed by atoms with Crippen LogP contribution in [0.4, 0.5) is 4.39 Å². The van der Waals surface area contributed by atoms with Gasteiger partial charge in [-0.05, 0) is 63.5 Å². The van der Waals surface area contributed by atoms with Gasteiger partial charge < -0.3 is 10.2 Å². The van der Waals surface area contributed by atoms with Crippen molar-refractivity contribution in [2.45, 2.75) is 70.8 Å². The summed E-state index contributed by atoms with van der Waals surface area (Å²) in [7, 11) is 0. The Morgan fingerprint density at radius 3 is 2.59 bits per heavy atom. The van der Waals surface area contributed by atoms with Crippen LogP contribution >= 0.6 is 0 Å². The van der Waals surface area contributed by atoms with Crippen molar-refractivity contribution in [1.29, 1.82) is 0 Å². The molecule has 8 atom stereocenters. The van der Waals surface area contributed by atoms with Gasteiger partial charge in [-0.25, -0.2) is 4.39 Å². The molecular weight excluding hydrogens is 347 g/mol. The van der Waals surface area contributed by atoms with E-state index in [4.69, 9.17) is 0 Å². The highest BCUT2D eigenvalue weighted by molar-refractivity contribution is 6.01. The van der Waals surface area contributed by atoms with Gasteiger partial charge in [0.2, 0.25) is 0 Å². The number of allylic oxidation sites excluding steroid dienone is 4. The molecule has 0 saturated heterocycles. The van der Waals surface area contributed by atoms with Crippen LogP contribution in [-0.2, 0) is 9.59 Å². The van der Waals surface area contributed by atoms with Crippen molar-refractivity contribution in [2.75, 3.05) is 0 Å². The van der Waals surface area contributed by atoms with E-state index >= 15 is 4.39 Å². The molecule has 0 amide bonds. The molecule has 27 heavy (non-hydrogen) atoms. The predicted molar refractivity (Wildman–Crippen MR) is 98.5 cm³/mol. The second-order valence-corrected chi connectivity index (χ2v) is 9.75. The van der Waals surface area contributed by atoms with Crippen LogP contribution in [0.25, 0.3) is 0 Å². The van der Waals surface area contributed by atoms with Gasteiger partial charge in [-0.3, -0.25) is 9.59 Å². The monoisotopic (exact) mass is 376 g/mol. The first-order valence-corrected chi connectivity index (χ1v) is 9.97. The van der Waals surface area contributed by atoms with Gasteiger partial charge in [-0.2, -0.15) is 0 Å². The van der Waals surface area contributed by atoms with E-state index in [0.29, 0.717) is 19.3 Å². The highest BCUT2D eigenvalue weighted by Crippen LogP contribution is 2.70. The first-order valence-electron chi connectivity index (χ1n) is 9.97. The standard InChI is InChI=1S/C22H29FO4/c1-12-9-17-15-6-8-21(27,13(2)24)20(15,4)11-18(26)22(17,23)19(3)7-5-14(25)10-16(12)19/h5,7,10,12,15,17-18,26-27H,6,8-9,11H2,1-4H3/t12-,15+,17+,18+,19+,20+,21?,22+/m1/s1. The third-order valence-corrected chi connectivity index (χ3v) is 8.70. The van der Waals surface area contributed by atoms with Gasteiger partial charge in [0.1, 0.15) is 5.60 Å². The van der Waals surface area contributed by atoms with Gasteiger partial charge >= 0.3 is 0 Å². The minimum absolute atomic E-state index is 0.00153. The fourth-order valence-electron chi connectivity index (χ4n) is 7.18. The zero-order valence-corrected chi connectivity index (χ0v) is 16.5. The number of carbonyl (C=O) groups is 2. The summed E-state index contributed by atoms with van der Waals surface area (Å²) in [6.45, 7) is 7.01. The minimum Gasteiger partial charge on any atom is -0.390 e. The molecule has 0 bridgehead atoms. The van der Waals surface area contributed by atoms with Crippen LogP contribution in [0.1, 0.15) is 53.4 Å². The number of alkyl halides is 1. The maximum atomic E-state index is 16.9. The molecule has 4 aliphatic carbocycles. The number of aliphatic hydroxyl groups excluding tert-OH is 1. The third kappa shape index (κ3) is 2.00. The molecule has 0 aliphatic heterocycles. The van der Waals surface area contributed by atoms with Crippen molar-refractivity contribution in [3.05, 3.63) is 23.8 Å². The summed E-state index contributed by atoms with van der Waals surface area (Å²) < 4.78 is 16.9. The molecule has 148 valence electrons. The second-order valence-electron chi connectivity index (χ2n) is 9.75. The summed E-state index contributed by atoms with van der Waals surface area (Å²) >= 11 is 0. The molecule has 2 N–H and O–H groups in total. The summed E-state index contributed by atoms with van der Waals surface area (Å²) in [6.07, 6.45) is 4.68. The molecule has 0 aromatic heterocycles. The van der Waals surface area contributed by atoms with E-state index in [9.17, 15) is 19.8 Å². The lowest BCUT2D eigenvalue weighted by molar-refractivity contribution is -0.219. The highest BCUT2D eigenvalue weighted by atomic mass is 19.1. The number of fused-ring (bicyclic) bond motifs is 5. The van der Waals surface area contributed by atoms with Crippen LogP contribution < -0.4 is 0 Å². The van der Waals surface area contributed by atoms with E-state index in [1.807, 2.05) is 13.8 Å². The van der Waals surface area contributed by atoms with Crippen molar-refractivity contribution in [2.24, 2.45) is 28.6 Å². The lowest BCUT2D eigenvalue weighted by Gasteiger charge is -2.63. The number of hydrogen-bond donors (Lipinski definition) is 2. The zero-order valence-electron chi connectivity index (χ0n) is 16.5. The maximum Gasteiger partial charge on any atom is 0.178 e. The Labute approximate surface area is 159 Å². The molecule has 4 rings (SSSR count). The second kappa shape index (κ2) is 5.38. The van der Waals surface area contributed by atoms with Gasteiger partial charge in [0.05, 0.1) is 6.10 Å². The Bertz CT molecular complexity index is 787. The van der Waals surface area contributed by atoms with E-state index in [-0.39, 0.29) is 29.8 Å². The summed E-state index contributed by atoms with van der Waals surface area (Å²) in [5, 5.41) is 22.3. The molecule has 1 unspecified atom stereocenters. The van der Waals surface area contributed by atoms with E-state index < -0.39 is 34.1 Å². The van der Waals surface area contributed by atoms with Crippen LogP contribution in [0.2, 0.25) is 0 Å². The normalized spacial score (nSPS) is 54.0. The van der Waals surface area contributed by atoms with Crippen LogP contribution in [-0.4, -0.2) is 39.2 Å². The maximum absolute atomic E-state index is 16.9. The zero-order chi connectivity index (χ0) is 20.0. The molecule has 5 heteroatoms. The summed E-state index contributed by atoms with van der Waals surface area (Å²) in [6, 6.07) is 0. The molecule has 0 aromatic rings. The number of carbonyl (C=O) groups excluding carboxylic acids is 2. The predicted octanol–water partition coefficient (Wildman–Crippen LogP) is 2.92. The molecule has 0 spiro atoms. The Morgan fingerprint density at radius 1 is 1.30 bits per heavy atom. The molecule has 0 aromatic carbocycles. The average molecular weight is 376 g/mol. The van der Waals surface area contributed by atoms with Crippen molar-refractivity contribution in [3.8, 4) is 0 Å². The topological polar surface area (TPSA) is 74.6 Å². The fourth-order valence-corrected chi connectivity index (χ4v) is 7.18. The van der Waals surface area contributed by atoms with E-state index in [2.05, 4.69) is 0 Å². The summed E-state index contributed by atoms with van der Waals surface area (Å²) in [5.74, 6) is -1.11. The molecule has 3 saturated carbocycles. The molecule has 0 heterocycles. The molecule has 4 aliphatic rings. The quantitative estimate of drug-likeness (QED) is 0.738. The first kappa shape index (κ1) is 19.0. The number of aliphatic hydroxyl groups is 2. The average Bonchev–Trinajstić information content (AvgIpc) is 2.85. The molecule has 0 radical (unpaired) electrons. The smallest absolute Gasteiger partial charge is 0.178 e. The van der Waals surface area contributed by atoms with Gasteiger partial charge in [-0.1, -0.05) is 25.5 Å². The fraction of sp³-hybridized carbons (Fsp3) is 0.727. The summed E-state index contributed by atoms with van der Waals surface area (Å²) in [5.41, 5.74) is -4.59. The van der Waals surface area contributed by atoms with Crippen molar-refractivity contribution >= 4 is 11.6 Å². The molecule has 3 fully saturated rings. The lowest BCUT2D eigenvalue weighted by atomic mass is 9.43. The molecule has 4 nitrogen and oxygen atoms in total. The van der Waals surface area contributed by atoms with Gasteiger partial charge in [0.15, 0.2) is 17.2 Å². The van der Waals surface area contributed by atoms with Gasteiger partial charge in [0, 0.05) is 16.7 Å². The van der Waals surface area contributed by atoms with Crippen LogP contribution in [0.15, 0.2) is 23.8 Å². The Hall–Kier alpha value is -1.33. The lowest BCUT2D eigenvalue weighted by Crippen LogP contribution is -2.69. The van der Waals surface area contributed by atoms with E-state index in [1.165, 1.54) is 19.1 Å². The van der Waals surface area contributed by atoms with Crippen molar-refractivity contribution in [3.63, 3.8) is 0 Å². The number of halogens is 1. The third-order valence-electron chi connectivity index (χ3n) is 8.70. The van der Waals surface area contributed by atoms with E-state index in [0.717, 1.165) is 5.57 Å². The first-order chi connectivity index (χ1) is 12.4. The van der Waals surface area contributed by atoms with E-state index in [1.54, 1.807) is 13.0 Å². The number of hydrogen-bond acceptors (Lipinski definition) is 4. The largest absolute Gasteiger partial charge is 0.390 e. The summed E-state index contributed by atoms with van der Waals surface area (Å²) in [4.78, 5) is 24.2. The van der Waals surface area contributed by atoms with Crippen LogP contribution in [0.5, 0.6) is 0 Å². The van der Waals surface area contributed by atoms with Crippen molar-refractivity contribution < 1.29 is 24.2 Å². The SMILES string of the molecule is CC(=O)C1(O)CC[C@H]2[C@@H]3C[C@@H](C)C4=CC(=O)C=C[C@]4(C)[C@@]3(F)[C@@H](O)C[C@@]21C. The number of ketones is 2. The number of Topliss-reactive ketones (excluding diaryl/α,β-unsaturated/α-hetero) is 1. The van der Waals surface area contributed by atoms with Crippen LogP contribution in [0, 0.1) is 28.6 Å². The minimum atomic E-state index is -1.92. The van der Waals surface area contributed by atoms with Gasteiger partial charge in [-0.15, -0.1) is 0 Å². The highest BCUT2D eigenvalue weighted by Gasteiger charge is 2.74. The Morgan fingerprint density at radius 2 is 1.96 bits per heavy atom. The van der Waals surface area contributed by atoms with Crippen molar-refractivity contribution in [1.82, 2.24) is 0 Å². The Kier molecular flexibility index (Phi) is 3.79. The number of rotatable bonds is 1. The van der Waals surface area contributed by atoms with Crippen LogP contribution in [0.3, 0.4) is 0 Å².